The summed E-state index contributed by atoms with van der Waals surface area (Å²) in [5.74, 6) is -0.490. The molecule has 29 heteroatoms. The molecule has 5 heterocycles. The van der Waals surface area contributed by atoms with E-state index in [-0.39, 0.29) is 37.1 Å². The van der Waals surface area contributed by atoms with Gasteiger partial charge in [0.2, 0.25) is 0 Å². The van der Waals surface area contributed by atoms with Crippen LogP contribution in [-0.2, 0) is 47.4 Å². The molecule has 5 aliphatic heterocycles. The average Bonchev–Trinajstić information content (AvgIpc) is 3.34. The van der Waals surface area contributed by atoms with Crippen LogP contribution in [0, 0.1) is 5.92 Å². The lowest BCUT2D eigenvalue weighted by atomic mass is 9.93. The quantitative estimate of drug-likeness (QED) is 0.0724. The van der Waals surface area contributed by atoms with Gasteiger partial charge in [-0.25, -0.2) is 0 Å². The highest BCUT2D eigenvalue weighted by molar-refractivity contribution is 4.93. The molecule has 5 rings (SSSR count). The van der Waals surface area contributed by atoms with Gasteiger partial charge in [-0.3, -0.25) is 0 Å². The van der Waals surface area contributed by atoms with Gasteiger partial charge in [0.15, 0.2) is 31.5 Å². The fourth-order valence-corrected chi connectivity index (χ4v) is 7.58. The van der Waals surface area contributed by atoms with Gasteiger partial charge in [0.05, 0.1) is 69.7 Å². The maximum absolute atomic E-state index is 9.68. The molecule has 0 bridgehead atoms. The number of aliphatic hydroxyl groups excluding tert-OH is 19. The lowest BCUT2D eigenvalue weighted by Crippen LogP contribution is -2.59. The average molecular weight is 1110 g/mol. The summed E-state index contributed by atoms with van der Waals surface area (Å²) in [5.41, 5.74) is 0. The smallest absolute Gasteiger partial charge is 0.186 e. The molecule has 5 fully saturated rings. The minimum absolute atomic E-state index is 0.0226. The SMILES string of the molecule is CC(C)OC1C(CO)OC(O)C(O)C1O.CC(C)OC1C(O)C(O)OC(CO)C1O.CC(C)OC1C(O)OC(CO)C(O)C1O.CC(C)OC1OC(CO)C(O)C(O)C1O.CC(C)OCC1OC(O)C(C)C(O)C1O. The van der Waals surface area contributed by atoms with Gasteiger partial charge in [0.25, 0.3) is 0 Å². The van der Waals surface area contributed by atoms with Crippen LogP contribution in [0.25, 0.3) is 0 Å². The third-order valence-electron chi connectivity index (χ3n) is 11.7. The van der Waals surface area contributed by atoms with Gasteiger partial charge in [-0.15, -0.1) is 0 Å². The molecule has 75 heavy (non-hydrogen) atoms. The van der Waals surface area contributed by atoms with E-state index in [0.717, 1.165) is 0 Å². The van der Waals surface area contributed by atoms with E-state index in [1.807, 2.05) is 13.8 Å². The van der Waals surface area contributed by atoms with Crippen LogP contribution in [0.5, 0.6) is 0 Å². The van der Waals surface area contributed by atoms with Gasteiger partial charge >= 0.3 is 0 Å². The third-order valence-corrected chi connectivity index (χ3v) is 11.7. The number of ether oxygens (including phenoxy) is 10. The molecule has 25 unspecified atom stereocenters. The Morgan fingerprint density at radius 1 is 0.307 bits per heavy atom. The normalized spacial score (nSPS) is 42.2. The van der Waals surface area contributed by atoms with Crippen molar-refractivity contribution in [2.24, 2.45) is 5.92 Å². The highest BCUT2D eigenvalue weighted by atomic mass is 16.7. The van der Waals surface area contributed by atoms with E-state index in [0.29, 0.717) is 0 Å². The van der Waals surface area contributed by atoms with Crippen molar-refractivity contribution in [1.82, 2.24) is 0 Å². The van der Waals surface area contributed by atoms with Gasteiger partial charge in [-0.1, -0.05) is 6.92 Å². The van der Waals surface area contributed by atoms with Gasteiger partial charge < -0.3 is 144 Å². The minimum Gasteiger partial charge on any atom is -0.394 e. The molecule has 5 saturated heterocycles. The second-order valence-corrected chi connectivity index (χ2v) is 19.8. The van der Waals surface area contributed by atoms with Crippen LogP contribution in [0.4, 0.5) is 0 Å². The van der Waals surface area contributed by atoms with E-state index in [1.165, 1.54) is 0 Å². The standard InChI is InChI=1S/C10H20O5.4C9H18O6/c1-5(2)14-4-7-9(12)8(11)6(3)10(13)15-7;1-4(2)14-8-5(3-10)15-9(13)7(12)6(8)11;1-4(2)14-8-6(11)5(3-10)15-9(13)7(8)12;1-4(2)14-8-7(12)6(11)5(3-10)15-9(8)13;1-4(2)14-9-8(13)7(12)6(11)5(3-10)15-9/h5-13H,4H2,1-3H3;4*4-13H,3H2,1-2H3. The molecule has 5 aliphatic rings. The number of hydrogen-bond acceptors (Lipinski definition) is 29. The zero-order valence-corrected chi connectivity index (χ0v) is 44.4. The predicted molar refractivity (Wildman–Crippen MR) is 253 cm³/mol. The summed E-state index contributed by atoms with van der Waals surface area (Å²) < 4.78 is 51.1. The molecule has 0 aromatic carbocycles. The first-order chi connectivity index (χ1) is 34.8. The predicted octanol–water partition coefficient (Wildman–Crippen LogP) is -7.67. The van der Waals surface area contributed by atoms with Gasteiger partial charge in [0, 0.05) is 5.92 Å². The Balaban J connectivity index is 0.000000469. The van der Waals surface area contributed by atoms with Crippen molar-refractivity contribution < 1.29 is 144 Å². The molecule has 0 spiro atoms. The summed E-state index contributed by atoms with van der Waals surface area (Å²) >= 11 is 0. The Kier molecular flexibility index (Phi) is 33.4. The van der Waals surface area contributed by atoms with Crippen LogP contribution in [0.3, 0.4) is 0 Å². The Morgan fingerprint density at radius 3 is 1.16 bits per heavy atom. The fourth-order valence-electron chi connectivity index (χ4n) is 7.58. The minimum atomic E-state index is -1.50. The van der Waals surface area contributed by atoms with Gasteiger partial charge in [-0.2, -0.15) is 0 Å². The summed E-state index contributed by atoms with van der Waals surface area (Å²) in [4.78, 5) is 0. The number of aliphatic hydroxyl groups is 19. The maximum Gasteiger partial charge on any atom is 0.186 e. The molecule has 19 N–H and O–H groups in total. The van der Waals surface area contributed by atoms with E-state index in [9.17, 15) is 76.6 Å². The van der Waals surface area contributed by atoms with Crippen molar-refractivity contribution in [3.8, 4) is 0 Å². The van der Waals surface area contributed by atoms with E-state index < -0.39 is 180 Å². The molecule has 25 atom stereocenters. The molecule has 29 nitrogen and oxygen atoms in total. The second kappa shape index (κ2) is 34.9. The summed E-state index contributed by atoms with van der Waals surface area (Å²) in [6.45, 7) is 17.8. The van der Waals surface area contributed by atoms with Crippen molar-refractivity contribution in [2.75, 3.05) is 33.0 Å². The van der Waals surface area contributed by atoms with E-state index in [1.54, 1.807) is 62.3 Å². The molecule has 0 aliphatic carbocycles. The van der Waals surface area contributed by atoms with E-state index in [2.05, 4.69) is 0 Å². The molecule has 450 valence electrons. The van der Waals surface area contributed by atoms with Crippen molar-refractivity contribution in [3.63, 3.8) is 0 Å². The highest BCUT2D eigenvalue weighted by Gasteiger charge is 2.48. The molecular formula is C46H92O29. The molecule has 0 aromatic rings. The monoisotopic (exact) mass is 1110 g/mol. The van der Waals surface area contributed by atoms with Crippen LogP contribution < -0.4 is 0 Å². The van der Waals surface area contributed by atoms with E-state index in [4.69, 9.17) is 67.8 Å². The first-order valence-electron chi connectivity index (χ1n) is 25.0. The Hall–Kier alpha value is -1.16. The largest absolute Gasteiger partial charge is 0.394 e. The molecule has 0 radical (unpaired) electrons. The van der Waals surface area contributed by atoms with Crippen LogP contribution in [-0.4, -0.2) is 308 Å². The van der Waals surface area contributed by atoms with Crippen LogP contribution in [0.2, 0.25) is 0 Å². The Labute approximate surface area is 436 Å². The van der Waals surface area contributed by atoms with Crippen LogP contribution >= 0.6 is 0 Å². The molecule has 0 aromatic heterocycles. The third kappa shape index (κ3) is 22.4. The molecular weight excluding hydrogens is 1020 g/mol. The van der Waals surface area contributed by atoms with Crippen molar-refractivity contribution >= 4 is 0 Å². The highest BCUT2D eigenvalue weighted by Crippen LogP contribution is 2.28. The topological polar surface area (TPSA) is 477 Å². The molecule has 0 amide bonds. The van der Waals surface area contributed by atoms with Crippen LogP contribution in [0.1, 0.15) is 76.2 Å². The summed E-state index contributed by atoms with van der Waals surface area (Å²) in [6, 6.07) is 0. The number of rotatable bonds is 15. The zero-order valence-electron chi connectivity index (χ0n) is 44.4. The molecule has 0 saturated carbocycles. The summed E-state index contributed by atoms with van der Waals surface area (Å²) in [7, 11) is 0. The lowest BCUT2D eigenvalue weighted by Gasteiger charge is -2.40. The Morgan fingerprint density at radius 2 is 0.680 bits per heavy atom. The first-order valence-corrected chi connectivity index (χ1v) is 25.0. The first kappa shape index (κ1) is 71.9. The van der Waals surface area contributed by atoms with Crippen molar-refractivity contribution in [3.05, 3.63) is 0 Å². The zero-order chi connectivity index (χ0) is 57.9. The summed E-state index contributed by atoms with van der Waals surface area (Å²) in [5, 5.41) is 178. The fraction of sp³-hybridized carbons (Fsp3) is 1.00. The summed E-state index contributed by atoms with van der Waals surface area (Å²) in [6.07, 6.45) is -28.0. The number of hydrogen-bond donors (Lipinski definition) is 19. The maximum atomic E-state index is 9.68. The van der Waals surface area contributed by atoms with Crippen LogP contribution in [0.15, 0.2) is 0 Å². The van der Waals surface area contributed by atoms with Crippen molar-refractivity contribution in [1.29, 1.82) is 0 Å². The van der Waals surface area contributed by atoms with Crippen molar-refractivity contribution in [2.45, 2.75) is 254 Å². The van der Waals surface area contributed by atoms with Gasteiger partial charge in [0.1, 0.15) is 110 Å². The second-order valence-electron chi connectivity index (χ2n) is 19.8. The van der Waals surface area contributed by atoms with E-state index >= 15 is 0 Å². The van der Waals surface area contributed by atoms with Gasteiger partial charge in [-0.05, 0) is 69.2 Å². The Bertz CT molecular complexity index is 1440. The lowest BCUT2D eigenvalue weighted by molar-refractivity contribution is -0.308.